The number of allylic oxidation sites excluding steroid dienone is 1. The van der Waals surface area contributed by atoms with Crippen LogP contribution in [0.5, 0.6) is 11.5 Å². The molecule has 2 aromatic carbocycles. The Labute approximate surface area is 185 Å². The second kappa shape index (κ2) is 9.38. The van der Waals surface area contributed by atoms with Crippen molar-refractivity contribution in [3.63, 3.8) is 0 Å². The summed E-state index contributed by atoms with van der Waals surface area (Å²) in [7, 11) is 2.53. The summed E-state index contributed by atoms with van der Waals surface area (Å²) in [5.41, 5.74) is 2.03. The first-order valence-electron chi connectivity index (χ1n) is 9.82. The Balaban J connectivity index is 2.07. The third kappa shape index (κ3) is 4.20. The summed E-state index contributed by atoms with van der Waals surface area (Å²) < 4.78 is 15.0. The predicted octanol–water partition coefficient (Wildman–Crippen LogP) is 3.45. The van der Waals surface area contributed by atoms with Crippen LogP contribution < -0.4 is 9.64 Å². The van der Waals surface area contributed by atoms with Gasteiger partial charge in [-0.3, -0.25) is 9.69 Å². The van der Waals surface area contributed by atoms with Gasteiger partial charge in [0.05, 0.1) is 37.5 Å². The highest BCUT2D eigenvalue weighted by Crippen LogP contribution is 2.36. The molecule has 166 valence electrons. The molecular formula is C24H23NO7. The van der Waals surface area contributed by atoms with Gasteiger partial charge in [0.1, 0.15) is 0 Å². The zero-order chi connectivity index (χ0) is 23.4. The van der Waals surface area contributed by atoms with Crippen LogP contribution in [0.3, 0.4) is 0 Å². The largest absolute Gasteiger partial charge is 0.504 e. The summed E-state index contributed by atoms with van der Waals surface area (Å²) in [6, 6.07) is 10.9. The van der Waals surface area contributed by atoms with Gasteiger partial charge in [-0.1, -0.05) is 6.07 Å². The summed E-state index contributed by atoms with van der Waals surface area (Å²) in [6.07, 6.45) is 1.54. The summed E-state index contributed by atoms with van der Waals surface area (Å²) in [4.78, 5) is 38.9. The lowest BCUT2D eigenvalue weighted by Gasteiger charge is -2.18. The molecule has 3 rings (SSSR count). The summed E-state index contributed by atoms with van der Waals surface area (Å²) in [5, 5.41) is 9.93. The quantitative estimate of drug-likeness (QED) is 0.545. The van der Waals surface area contributed by atoms with E-state index in [1.807, 2.05) is 0 Å². The molecule has 8 nitrogen and oxygen atoms in total. The molecule has 1 heterocycles. The molecular weight excluding hydrogens is 414 g/mol. The third-order valence-corrected chi connectivity index (χ3v) is 4.93. The van der Waals surface area contributed by atoms with Crippen LogP contribution in [-0.2, 0) is 19.1 Å². The minimum Gasteiger partial charge on any atom is -0.504 e. The van der Waals surface area contributed by atoms with E-state index in [1.165, 1.54) is 37.3 Å². The lowest BCUT2D eigenvalue weighted by Crippen LogP contribution is -2.24. The van der Waals surface area contributed by atoms with Gasteiger partial charge >= 0.3 is 11.9 Å². The molecule has 1 N–H and O–H groups in total. The number of hydrogen-bond acceptors (Lipinski definition) is 7. The zero-order valence-electron chi connectivity index (χ0n) is 18.2. The molecule has 0 atom stereocenters. The summed E-state index contributed by atoms with van der Waals surface area (Å²) in [6.45, 7) is 3.78. The highest BCUT2D eigenvalue weighted by molar-refractivity contribution is 6.23. The topological polar surface area (TPSA) is 102 Å². The van der Waals surface area contributed by atoms with Gasteiger partial charge in [0.15, 0.2) is 11.5 Å². The lowest BCUT2D eigenvalue weighted by molar-refractivity contribution is -0.136. The Morgan fingerprint density at radius 2 is 1.69 bits per heavy atom. The van der Waals surface area contributed by atoms with Crippen LogP contribution in [-0.4, -0.2) is 43.8 Å². The predicted molar refractivity (Wildman–Crippen MR) is 117 cm³/mol. The van der Waals surface area contributed by atoms with Gasteiger partial charge in [-0.25, -0.2) is 9.59 Å². The van der Waals surface area contributed by atoms with Gasteiger partial charge in [-0.05, 0) is 61.9 Å². The van der Waals surface area contributed by atoms with Crippen molar-refractivity contribution in [2.75, 3.05) is 25.7 Å². The lowest BCUT2D eigenvalue weighted by atomic mass is 10.0. The van der Waals surface area contributed by atoms with Crippen LogP contribution in [0, 0.1) is 0 Å². The molecule has 0 aromatic heterocycles. The highest BCUT2D eigenvalue weighted by Gasteiger charge is 2.38. The van der Waals surface area contributed by atoms with Crippen LogP contribution >= 0.6 is 0 Å². The fourth-order valence-electron chi connectivity index (χ4n) is 3.41. The van der Waals surface area contributed by atoms with Crippen molar-refractivity contribution in [3.8, 4) is 11.5 Å². The molecule has 0 saturated carbocycles. The monoisotopic (exact) mass is 437 g/mol. The fraction of sp³-hybridized carbons (Fsp3) is 0.208. The van der Waals surface area contributed by atoms with E-state index in [2.05, 4.69) is 0 Å². The molecule has 32 heavy (non-hydrogen) atoms. The average Bonchev–Trinajstić information content (AvgIpc) is 3.04. The maximum atomic E-state index is 13.3. The number of anilines is 1. The average molecular weight is 437 g/mol. The van der Waals surface area contributed by atoms with Crippen LogP contribution in [0.4, 0.5) is 5.69 Å². The van der Waals surface area contributed by atoms with E-state index in [1.54, 1.807) is 44.2 Å². The number of carbonyl (C=O) groups excluding carboxylic acids is 3. The smallest absolute Gasteiger partial charge is 0.340 e. The number of phenols is 1. The Kier molecular flexibility index (Phi) is 6.63. The number of hydrogen-bond donors (Lipinski definition) is 1. The van der Waals surface area contributed by atoms with Crippen molar-refractivity contribution in [1.82, 2.24) is 0 Å². The van der Waals surface area contributed by atoms with Gasteiger partial charge in [0, 0.05) is 11.4 Å². The first-order valence-corrected chi connectivity index (χ1v) is 9.82. The van der Waals surface area contributed by atoms with E-state index < -0.39 is 17.8 Å². The number of nitrogens with zero attached hydrogens (tertiary/aromatic N) is 1. The second-order valence-corrected chi connectivity index (χ2v) is 6.85. The first-order chi connectivity index (χ1) is 15.3. The zero-order valence-corrected chi connectivity index (χ0v) is 18.2. The van der Waals surface area contributed by atoms with Crippen LogP contribution in [0.2, 0.25) is 0 Å². The van der Waals surface area contributed by atoms with Gasteiger partial charge in [-0.15, -0.1) is 0 Å². The Bertz CT molecular complexity index is 1130. The third-order valence-electron chi connectivity index (χ3n) is 4.93. The van der Waals surface area contributed by atoms with Crippen molar-refractivity contribution in [3.05, 3.63) is 70.4 Å². The molecule has 0 spiro atoms. The van der Waals surface area contributed by atoms with Crippen molar-refractivity contribution in [2.24, 2.45) is 0 Å². The first kappa shape index (κ1) is 22.6. The van der Waals surface area contributed by atoms with Crippen LogP contribution in [0.15, 0.2) is 59.3 Å². The van der Waals surface area contributed by atoms with E-state index in [9.17, 15) is 19.5 Å². The number of esters is 2. The van der Waals surface area contributed by atoms with E-state index in [4.69, 9.17) is 14.2 Å². The molecule has 1 aliphatic heterocycles. The van der Waals surface area contributed by atoms with E-state index >= 15 is 0 Å². The normalized spacial score (nSPS) is 14.7. The Hall–Kier alpha value is -4.07. The van der Waals surface area contributed by atoms with Crippen molar-refractivity contribution in [1.29, 1.82) is 0 Å². The molecule has 0 fully saturated rings. The van der Waals surface area contributed by atoms with Gasteiger partial charge in [-0.2, -0.15) is 0 Å². The number of carbonyl (C=O) groups is 3. The number of methoxy groups -OCH3 is 2. The van der Waals surface area contributed by atoms with Crippen LogP contribution in [0.1, 0.15) is 29.8 Å². The standard InChI is InChI=1S/C24H23NO7/c1-5-32-20-13-15(6-11-19(20)26)12-18-21(24(29)31-4)14(2)25(22(18)27)17-9-7-16(8-10-17)23(28)30-3/h6-13,26H,5H2,1-4H3/b18-12-. The van der Waals surface area contributed by atoms with Gasteiger partial charge in [0.25, 0.3) is 5.91 Å². The molecule has 1 amide bonds. The highest BCUT2D eigenvalue weighted by atomic mass is 16.5. The maximum absolute atomic E-state index is 13.3. The summed E-state index contributed by atoms with van der Waals surface area (Å²) >= 11 is 0. The van der Waals surface area contributed by atoms with E-state index in [0.717, 1.165) is 0 Å². The Morgan fingerprint density at radius 1 is 1.03 bits per heavy atom. The van der Waals surface area contributed by atoms with Crippen molar-refractivity contribution < 1.29 is 33.7 Å². The molecule has 0 radical (unpaired) electrons. The van der Waals surface area contributed by atoms with Gasteiger partial charge < -0.3 is 19.3 Å². The van der Waals surface area contributed by atoms with Crippen molar-refractivity contribution in [2.45, 2.75) is 13.8 Å². The second-order valence-electron chi connectivity index (χ2n) is 6.85. The summed E-state index contributed by atoms with van der Waals surface area (Å²) in [5.74, 6) is -1.34. The van der Waals surface area contributed by atoms with Crippen molar-refractivity contribution >= 4 is 29.6 Å². The molecule has 0 bridgehead atoms. The number of benzene rings is 2. The number of aromatic hydroxyl groups is 1. The number of ether oxygens (including phenoxy) is 3. The molecule has 8 heteroatoms. The molecule has 0 saturated heterocycles. The number of rotatable bonds is 6. The van der Waals surface area contributed by atoms with Crippen LogP contribution in [0.25, 0.3) is 6.08 Å². The minimum atomic E-state index is -0.653. The van der Waals surface area contributed by atoms with E-state index in [0.29, 0.717) is 29.1 Å². The fourth-order valence-corrected chi connectivity index (χ4v) is 3.41. The SMILES string of the molecule is CCOc1cc(/C=C2\C(=O)N(c3ccc(C(=O)OC)cc3)C(C)=C2C(=O)OC)ccc1O. The maximum Gasteiger partial charge on any atom is 0.340 e. The molecule has 2 aromatic rings. The molecule has 1 aliphatic rings. The Morgan fingerprint density at radius 3 is 2.28 bits per heavy atom. The molecule has 0 unspecified atom stereocenters. The van der Waals surface area contributed by atoms with Gasteiger partial charge in [0.2, 0.25) is 0 Å². The van der Waals surface area contributed by atoms with E-state index in [-0.39, 0.29) is 22.6 Å². The minimum absolute atomic E-state index is 0.0287. The number of amides is 1. The number of phenolic OH excluding ortho intramolecular Hbond substituents is 1. The molecule has 0 aliphatic carbocycles.